The molecule has 0 bridgehead atoms. The molecule has 0 heterocycles. The highest BCUT2D eigenvalue weighted by molar-refractivity contribution is 5.90. The summed E-state index contributed by atoms with van der Waals surface area (Å²) >= 11 is 0. The first kappa shape index (κ1) is 12.5. The van der Waals surface area contributed by atoms with E-state index in [2.05, 4.69) is 10.6 Å². The van der Waals surface area contributed by atoms with Gasteiger partial charge in [0.05, 0.1) is 5.54 Å². The fraction of sp³-hybridized carbons (Fsp3) is 0.188. The number of benzene rings is 2. The average Bonchev–Trinajstić information content (AvgIpc) is 3.23. The Morgan fingerprint density at radius 1 is 1.00 bits per heavy atom. The van der Waals surface area contributed by atoms with Crippen molar-refractivity contribution >= 4 is 11.7 Å². The molecular formula is C16H16N2O2. The van der Waals surface area contributed by atoms with Gasteiger partial charge in [-0.1, -0.05) is 30.3 Å². The van der Waals surface area contributed by atoms with Gasteiger partial charge in [0, 0.05) is 5.69 Å². The van der Waals surface area contributed by atoms with Gasteiger partial charge in [-0.05, 0) is 42.7 Å². The fourth-order valence-electron chi connectivity index (χ4n) is 2.29. The number of carbonyl (C=O) groups is 1. The smallest absolute Gasteiger partial charge is 0.319 e. The maximum atomic E-state index is 12.0. The van der Waals surface area contributed by atoms with Crippen LogP contribution in [-0.4, -0.2) is 11.1 Å². The number of nitrogens with one attached hydrogen (secondary N) is 2. The first-order chi connectivity index (χ1) is 9.68. The molecular weight excluding hydrogens is 252 g/mol. The number of anilines is 1. The summed E-state index contributed by atoms with van der Waals surface area (Å²) in [5.74, 6) is 0.180. The molecule has 102 valence electrons. The monoisotopic (exact) mass is 268 g/mol. The van der Waals surface area contributed by atoms with Crippen LogP contribution in [0.15, 0.2) is 54.6 Å². The second-order valence-electron chi connectivity index (χ2n) is 5.07. The van der Waals surface area contributed by atoms with E-state index in [1.54, 1.807) is 24.3 Å². The van der Waals surface area contributed by atoms with Crippen molar-refractivity contribution in [1.82, 2.24) is 5.32 Å². The Morgan fingerprint density at radius 2 is 1.65 bits per heavy atom. The van der Waals surface area contributed by atoms with Gasteiger partial charge in [0.15, 0.2) is 0 Å². The maximum Gasteiger partial charge on any atom is 0.319 e. The van der Waals surface area contributed by atoms with Crippen molar-refractivity contribution in [2.75, 3.05) is 5.32 Å². The van der Waals surface area contributed by atoms with E-state index < -0.39 is 0 Å². The second kappa shape index (κ2) is 4.89. The van der Waals surface area contributed by atoms with Gasteiger partial charge in [0.1, 0.15) is 5.75 Å². The van der Waals surface area contributed by atoms with Crippen molar-refractivity contribution in [2.24, 2.45) is 0 Å². The molecule has 2 amide bonds. The maximum absolute atomic E-state index is 12.0. The van der Waals surface area contributed by atoms with Crippen molar-refractivity contribution in [1.29, 1.82) is 0 Å². The Hall–Kier alpha value is -2.49. The molecule has 0 aromatic heterocycles. The van der Waals surface area contributed by atoms with Gasteiger partial charge in [-0.3, -0.25) is 0 Å². The molecule has 0 spiro atoms. The van der Waals surface area contributed by atoms with Gasteiger partial charge in [0.25, 0.3) is 0 Å². The van der Waals surface area contributed by atoms with Crippen LogP contribution in [0.3, 0.4) is 0 Å². The van der Waals surface area contributed by atoms with Gasteiger partial charge < -0.3 is 15.7 Å². The number of hydrogen-bond donors (Lipinski definition) is 3. The second-order valence-corrected chi connectivity index (χ2v) is 5.07. The number of hydrogen-bond acceptors (Lipinski definition) is 2. The standard InChI is InChI=1S/C16H16N2O2/c19-14-8-6-13(7-9-14)17-15(20)18-16(10-11-16)12-4-2-1-3-5-12/h1-9,19H,10-11H2,(H2,17,18,20). The Kier molecular flexibility index (Phi) is 3.06. The molecule has 1 saturated carbocycles. The van der Waals surface area contributed by atoms with Crippen molar-refractivity contribution in [3.05, 3.63) is 60.2 Å². The summed E-state index contributed by atoms with van der Waals surface area (Å²) in [6.07, 6.45) is 1.92. The van der Waals surface area contributed by atoms with E-state index in [-0.39, 0.29) is 17.3 Å². The summed E-state index contributed by atoms with van der Waals surface area (Å²) in [6.45, 7) is 0. The van der Waals surface area contributed by atoms with Crippen molar-refractivity contribution in [3.63, 3.8) is 0 Å². The Morgan fingerprint density at radius 3 is 2.25 bits per heavy atom. The van der Waals surface area contributed by atoms with Crippen LogP contribution in [0.1, 0.15) is 18.4 Å². The van der Waals surface area contributed by atoms with Crippen LogP contribution in [0.2, 0.25) is 0 Å². The molecule has 1 aliphatic carbocycles. The minimum absolute atomic E-state index is 0.180. The molecule has 2 aromatic carbocycles. The third-order valence-corrected chi connectivity index (χ3v) is 3.55. The molecule has 0 atom stereocenters. The van der Waals surface area contributed by atoms with E-state index in [1.807, 2.05) is 30.3 Å². The molecule has 0 aliphatic heterocycles. The predicted octanol–water partition coefficient (Wildman–Crippen LogP) is 3.20. The van der Waals surface area contributed by atoms with E-state index in [1.165, 1.54) is 0 Å². The number of rotatable bonds is 3. The lowest BCUT2D eigenvalue weighted by atomic mass is 10.1. The van der Waals surface area contributed by atoms with E-state index in [4.69, 9.17) is 0 Å². The van der Waals surface area contributed by atoms with Gasteiger partial charge in [-0.15, -0.1) is 0 Å². The third kappa shape index (κ3) is 2.59. The number of phenols is 1. The van der Waals surface area contributed by atoms with Crippen LogP contribution in [0.4, 0.5) is 10.5 Å². The number of carbonyl (C=O) groups excluding carboxylic acids is 1. The molecule has 1 aliphatic rings. The highest BCUT2D eigenvalue weighted by Crippen LogP contribution is 2.45. The van der Waals surface area contributed by atoms with Crippen LogP contribution in [-0.2, 0) is 5.54 Å². The van der Waals surface area contributed by atoms with Gasteiger partial charge >= 0.3 is 6.03 Å². The topological polar surface area (TPSA) is 61.4 Å². The molecule has 3 rings (SSSR count). The van der Waals surface area contributed by atoms with E-state index in [0.29, 0.717) is 5.69 Å². The molecule has 4 heteroatoms. The van der Waals surface area contributed by atoms with E-state index in [9.17, 15) is 9.90 Å². The average molecular weight is 268 g/mol. The highest BCUT2D eigenvalue weighted by Gasteiger charge is 2.45. The van der Waals surface area contributed by atoms with Gasteiger partial charge in [-0.25, -0.2) is 4.79 Å². The van der Waals surface area contributed by atoms with Crippen molar-refractivity contribution in [3.8, 4) is 5.75 Å². The molecule has 0 unspecified atom stereocenters. The predicted molar refractivity (Wildman–Crippen MR) is 77.6 cm³/mol. The highest BCUT2D eigenvalue weighted by atomic mass is 16.3. The van der Waals surface area contributed by atoms with Gasteiger partial charge in [0.2, 0.25) is 0 Å². The fourth-order valence-corrected chi connectivity index (χ4v) is 2.29. The molecule has 2 aromatic rings. The quantitative estimate of drug-likeness (QED) is 0.748. The van der Waals surface area contributed by atoms with Crippen molar-refractivity contribution in [2.45, 2.75) is 18.4 Å². The number of aromatic hydroxyl groups is 1. The number of phenolic OH excluding ortho intramolecular Hbond substituents is 1. The number of urea groups is 1. The molecule has 20 heavy (non-hydrogen) atoms. The van der Waals surface area contributed by atoms with Gasteiger partial charge in [-0.2, -0.15) is 0 Å². The van der Waals surface area contributed by atoms with Crippen LogP contribution in [0.5, 0.6) is 5.75 Å². The third-order valence-electron chi connectivity index (χ3n) is 3.55. The summed E-state index contributed by atoms with van der Waals surface area (Å²) in [4.78, 5) is 12.0. The summed E-state index contributed by atoms with van der Waals surface area (Å²) < 4.78 is 0. The molecule has 3 N–H and O–H groups in total. The van der Waals surface area contributed by atoms with Crippen LogP contribution < -0.4 is 10.6 Å². The van der Waals surface area contributed by atoms with Crippen LogP contribution in [0.25, 0.3) is 0 Å². The summed E-state index contributed by atoms with van der Waals surface area (Å²) in [5, 5.41) is 15.0. The minimum atomic E-state index is -0.225. The Bertz CT molecular complexity index is 604. The Balaban J connectivity index is 1.66. The number of amides is 2. The molecule has 0 radical (unpaired) electrons. The van der Waals surface area contributed by atoms with Crippen molar-refractivity contribution < 1.29 is 9.90 Å². The summed E-state index contributed by atoms with van der Waals surface area (Å²) in [5.41, 5.74) is 1.58. The molecule has 0 saturated heterocycles. The zero-order valence-corrected chi connectivity index (χ0v) is 11.0. The van der Waals surface area contributed by atoms with Crippen LogP contribution in [0, 0.1) is 0 Å². The first-order valence-corrected chi connectivity index (χ1v) is 6.62. The minimum Gasteiger partial charge on any atom is -0.508 e. The van der Waals surface area contributed by atoms with Crippen LogP contribution >= 0.6 is 0 Å². The first-order valence-electron chi connectivity index (χ1n) is 6.62. The molecule has 1 fully saturated rings. The van der Waals surface area contributed by atoms with E-state index in [0.717, 1.165) is 18.4 Å². The summed E-state index contributed by atoms with van der Waals surface area (Å²) in [7, 11) is 0. The lowest BCUT2D eigenvalue weighted by Crippen LogP contribution is -2.37. The largest absolute Gasteiger partial charge is 0.508 e. The zero-order chi connectivity index (χ0) is 14.0. The zero-order valence-electron chi connectivity index (χ0n) is 11.0. The van der Waals surface area contributed by atoms with E-state index >= 15 is 0 Å². The molecule has 4 nitrogen and oxygen atoms in total. The summed E-state index contributed by atoms with van der Waals surface area (Å²) in [6, 6.07) is 16.2. The lowest BCUT2D eigenvalue weighted by Gasteiger charge is -2.18. The Labute approximate surface area is 117 Å². The lowest BCUT2D eigenvalue weighted by molar-refractivity contribution is 0.247. The normalized spacial score (nSPS) is 15.4. The SMILES string of the molecule is O=C(Nc1ccc(O)cc1)NC1(c2ccccc2)CC1.